The van der Waals surface area contributed by atoms with Crippen LogP contribution in [0.1, 0.15) is 19.4 Å². The molecular weight excluding hydrogens is 429 g/mol. The van der Waals surface area contributed by atoms with Crippen molar-refractivity contribution in [2.24, 2.45) is 10.7 Å². The topological polar surface area (TPSA) is 72.5 Å². The minimum Gasteiger partial charge on any atom is -0.475 e. The monoisotopic (exact) mass is 448 g/mol. The summed E-state index contributed by atoms with van der Waals surface area (Å²) in [7, 11) is 0. The maximum Gasteiger partial charge on any atom is 0.213 e. The first kappa shape index (κ1) is 20.1. The molecule has 1 aromatic carbocycles. The molecule has 1 aromatic heterocycles. The lowest BCUT2D eigenvalue weighted by Crippen LogP contribution is -2.23. The van der Waals surface area contributed by atoms with Crippen molar-refractivity contribution in [3.63, 3.8) is 0 Å². The fourth-order valence-corrected chi connectivity index (χ4v) is 1.76. The van der Waals surface area contributed by atoms with E-state index in [4.69, 9.17) is 10.5 Å². The zero-order valence-corrected chi connectivity index (χ0v) is 15.6. The van der Waals surface area contributed by atoms with Gasteiger partial charge in [-0.2, -0.15) is 0 Å². The van der Waals surface area contributed by atoms with Gasteiger partial charge in [-0.25, -0.2) is 18.8 Å². The summed E-state index contributed by atoms with van der Waals surface area (Å²) < 4.78 is 32.0. The standard InChI is InChI=1S/C16H18F2N4O.HI/c1-10(2)23-15-6-3-11(8-20-15)9-21-16(19)22-14-7-12(17)4-5-13(14)18;/h3-8,10H,9H2,1-2H3,(H3,19,21,22);1H. The third kappa shape index (κ3) is 6.26. The highest BCUT2D eigenvalue weighted by Gasteiger charge is 2.05. The van der Waals surface area contributed by atoms with Gasteiger partial charge in [0, 0.05) is 18.3 Å². The average Bonchev–Trinajstić information content (AvgIpc) is 2.50. The second-order valence-corrected chi connectivity index (χ2v) is 5.12. The number of hydrogen-bond donors (Lipinski definition) is 2. The minimum atomic E-state index is -0.610. The van der Waals surface area contributed by atoms with Crippen molar-refractivity contribution >= 4 is 35.6 Å². The number of hydrogen-bond acceptors (Lipinski definition) is 3. The summed E-state index contributed by atoms with van der Waals surface area (Å²) >= 11 is 0. The quantitative estimate of drug-likeness (QED) is 0.416. The number of nitrogens with two attached hydrogens (primary N) is 1. The van der Waals surface area contributed by atoms with Crippen LogP contribution in [0.15, 0.2) is 41.5 Å². The van der Waals surface area contributed by atoms with Gasteiger partial charge < -0.3 is 15.8 Å². The van der Waals surface area contributed by atoms with Gasteiger partial charge in [-0.15, -0.1) is 24.0 Å². The molecule has 24 heavy (non-hydrogen) atoms. The van der Waals surface area contributed by atoms with Crippen LogP contribution in [0.4, 0.5) is 14.5 Å². The number of nitrogens with one attached hydrogen (secondary N) is 1. The molecule has 2 aromatic rings. The van der Waals surface area contributed by atoms with E-state index in [0.29, 0.717) is 5.88 Å². The molecule has 0 aliphatic carbocycles. The number of guanidine groups is 1. The second kappa shape index (κ2) is 9.36. The highest BCUT2D eigenvalue weighted by molar-refractivity contribution is 14.0. The first-order valence-electron chi connectivity index (χ1n) is 7.07. The Kier molecular flexibility index (Phi) is 7.83. The largest absolute Gasteiger partial charge is 0.475 e. The predicted octanol–water partition coefficient (Wildman–Crippen LogP) is 3.69. The van der Waals surface area contributed by atoms with E-state index >= 15 is 0 Å². The van der Waals surface area contributed by atoms with Gasteiger partial charge >= 0.3 is 0 Å². The van der Waals surface area contributed by atoms with Crippen molar-refractivity contribution in [1.29, 1.82) is 0 Å². The Labute approximate surface area is 156 Å². The average molecular weight is 448 g/mol. The van der Waals surface area contributed by atoms with E-state index in [1.54, 1.807) is 12.3 Å². The van der Waals surface area contributed by atoms with Gasteiger partial charge in [-0.05, 0) is 31.5 Å². The third-order valence-corrected chi connectivity index (χ3v) is 2.78. The SMILES string of the molecule is CC(C)Oc1ccc(CN=C(N)Nc2cc(F)ccc2F)cn1.I. The summed E-state index contributed by atoms with van der Waals surface area (Å²) in [6.45, 7) is 4.08. The number of benzene rings is 1. The van der Waals surface area contributed by atoms with Crippen LogP contribution in [0, 0.1) is 11.6 Å². The zero-order chi connectivity index (χ0) is 16.8. The molecule has 0 radical (unpaired) electrons. The van der Waals surface area contributed by atoms with Crippen molar-refractivity contribution in [3.8, 4) is 5.88 Å². The lowest BCUT2D eigenvalue weighted by atomic mass is 10.3. The Morgan fingerprint density at radius 3 is 2.67 bits per heavy atom. The normalized spacial score (nSPS) is 11.1. The Morgan fingerprint density at radius 1 is 1.29 bits per heavy atom. The number of aromatic nitrogens is 1. The van der Waals surface area contributed by atoms with E-state index in [1.807, 2.05) is 19.9 Å². The molecule has 5 nitrogen and oxygen atoms in total. The predicted molar refractivity (Wildman–Crippen MR) is 101 cm³/mol. The zero-order valence-electron chi connectivity index (χ0n) is 13.3. The second-order valence-electron chi connectivity index (χ2n) is 5.12. The molecule has 0 aliphatic rings. The van der Waals surface area contributed by atoms with Gasteiger partial charge in [0.2, 0.25) is 5.88 Å². The van der Waals surface area contributed by atoms with E-state index < -0.39 is 11.6 Å². The van der Waals surface area contributed by atoms with Gasteiger partial charge in [0.15, 0.2) is 5.96 Å². The molecule has 0 fully saturated rings. The maximum atomic E-state index is 13.5. The van der Waals surface area contributed by atoms with Gasteiger partial charge in [0.25, 0.3) is 0 Å². The Hall–Kier alpha value is -1.97. The van der Waals surface area contributed by atoms with E-state index in [9.17, 15) is 8.78 Å². The summed E-state index contributed by atoms with van der Waals surface area (Å²) in [5, 5.41) is 2.53. The molecular formula is C16H19F2IN4O. The van der Waals surface area contributed by atoms with Crippen molar-refractivity contribution < 1.29 is 13.5 Å². The van der Waals surface area contributed by atoms with Crippen LogP contribution in [0.2, 0.25) is 0 Å². The fourth-order valence-electron chi connectivity index (χ4n) is 1.76. The highest BCUT2D eigenvalue weighted by Crippen LogP contribution is 2.15. The number of rotatable bonds is 5. The Balaban J connectivity index is 0.00000288. The van der Waals surface area contributed by atoms with Gasteiger partial charge in [0.05, 0.1) is 18.3 Å². The first-order chi connectivity index (χ1) is 10.9. The van der Waals surface area contributed by atoms with Crippen molar-refractivity contribution in [2.45, 2.75) is 26.5 Å². The summed E-state index contributed by atoms with van der Waals surface area (Å²) in [6.07, 6.45) is 1.67. The number of nitrogens with zero attached hydrogens (tertiary/aromatic N) is 2. The van der Waals surface area contributed by atoms with Crippen LogP contribution in [0.3, 0.4) is 0 Å². The summed E-state index contributed by atoms with van der Waals surface area (Å²) in [4.78, 5) is 8.21. The third-order valence-electron chi connectivity index (χ3n) is 2.78. The number of aliphatic imine (C=N–C) groups is 1. The van der Waals surface area contributed by atoms with Crippen LogP contribution in [-0.4, -0.2) is 17.0 Å². The van der Waals surface area contributed by atoms with E-state index in [1.165, 1.54) is 0 Å². The van der Waals surface area contributed by atoms with Crippen molar-refractivity contribution in [2.75, 3.05) is 5.32 Å². The molecule has 0 saturated carbocycles. The van der Waals surface area contributed by atoms with E-state index in [-0.39, 0.29) is 48.3 Å². The van der Waals surface area contributed by atoms with Crippen LogP contribution >= 0.6 is 24.0 Å². The number of anilines is 1. The smallest absolute Gasteiger partial charge is 0.213 e. The lowest BCUT2D eigenvalue weighted by Gasteiger charge is -2.09. The maximum absolute atomic E-state index is 13.5. The molecule has 3 N–H and O–H groups in total. The van der Waals surface area contributed by atoms with Gasteiger partial charge in [-0.1, -0.05) is 6.07 Å². The molecule has 0 bridgehead atoms. The van der Waals surface area contributed by atoms with Crippen molar-refractivity contribution in [1.82, 2.24) is 4.98 Å². The van der Waals surface area contributed by atoms with Crippen LogP contribution < -0.4 is 15.8 Å². The fraction of sp³-hybridized carbons (Fsp3) is 0.250. The van der Waals surface area contributed by atoms with Crippen molar-refractivity contribution in [3.05, 3.63) is 53.7 Å². The molecule has 0 atom stereocenters. The number of ether oxygens (including phenoxy) is 1. The summed E-state index contributed by atoms with van der Waals surface area (Å²) in [5.41, 5.74) is 6.42. The van der Waals surface area contributed by atoms with Crippen LogP contribution in [0.25, 0.3) is 0 Å². The molecule has 0 spiro atoms. The lowest BCUT2D eigenvalue weighted by molar-refractivity contribution is 0.232. The molecule has 0 aliphatic heterocycles. The van der Waals surface area contributed by atoms with E-state index in [2.05, 4.69) is 15.3 Å². The number of pyridine rings is 1. The molecule has 0 saturated heterocycles. The molecule has 130 valence electrons. The number of halogens is 3. The molecule has 2 rings (SSSR count). The van der Waals surface area contributed by atoms with Crippen LogP contribution in [0.5, 0.6) is 5.88 Å². The highest BCUT2D eigenvalue weighted by atomic mass is 127. The van der Waals surface area contributed by atoms with E-state index in [0.717, 1.165) is 23.8 Å². The molecule has 0 amide bonds. The van der Waals surface area contributed by atoms with Crippen LogP contribution in [-0.2, 0) is 6.54 Å². The molecule has 8 heteroatoms. The Bertz CT molecular complexity index is 693. The van der Waals surface area contributed by atoms with Gasteiger partial charge in [-0.3, -0.25) is 0 Å². The first-order valence-corrected chi connectivity index (χ1v) is 7.07. The minimum absolute atomic E-state index is 0. The summed E-state index contributed by atoms with van der Waals surface area (Å²) in [5.74, 6) is -0.661. The molecule has 1 heterocycles. The summed E-state index contributed by atoms with van der Waals surface area (Å²) in [6, 6.07) is 6.60. The molecule has 0 unspecified atom stereocenters. The Morgan fingerprint density at radius 2 is 2.04 bits per heavy atom. The van der Waals surface area contributed by atoms with Gasteiger partial charge in [0.1, 0.15) is 11.6 Å².